The van der Waals surface area contributed by atoms with Crippen LogP contribution in [0.1, 0.15) is 59.8 Å². The summed E-state index contributed by atoms with van der Waals surface area (Å²) in [6.45, 7) is 10.4. The molecule has 2 nitrogen and oxygen atoms in total. The second kappa shape index (κ2) is 6.02. The van der Waals surface area contributed by atoms with Crippen LogP contribution in [0.4, 0.5) is 0 Å². The lowest BCUT2D eigenvalue weighted by Gasteiger charge is -2.44. The first-order valence-electron chi connectivity index (χ1n) is 6.99. The lowest BCUT2D eigenvalue weighted by Crippen LogP contribution is -2.46. The van der Waals surface area contributed by atoms with E-state index < -0.39 is 0 Å². The van der Waals surface area contributed by atoms with E-state index >= 15 is 0 Å². The van der Waals surface area contributed by atoms with Gasteiger partial charge in [0.1, 0.15) is 0 Å². The summed E-state index contributed by atoms with van der Waals surface area (Å²) in [6.07, 6.45) is 6.33. The Kier molecular flexibility index (Phi) is 5.26. The number of nitrogens with one attached hydrogen (secondary N) is 1. The molecular formula is C14H30N2. The van der Waals surface area contributed by atoms with Crippen molar-refractivity contribution in [2.45, 2.75) is 71.9 Å². The van der Waals surface area contributed by atoms with Gasteiger partial charge < -0.3 is 11.1 Å². The summed E-state index contributed by atoms with van der Waals surface area (Å²) in [5, 5.41) is 3.65. The number of rotatable bonds is 5. The summed E-state index contributed by atoms with van der Waals surface area (Å²) in [7, 11) is 0. The zero-order chi connectivity index (χ0) is 12.2. The first-order chi connectivity index (χ1) is 7.50. The Bertz CT molecular complexity index is 193. The van der Waals surface area contributed by atoms with Crippen LogP contribution in [0.15, 0.2) is 0 Å². The fourth-order valence-electron chi connectivity index (χ4n) is 2.90. The first kappa shape index (κ1) is 14.0. The molecule has 0 saturated heterocycles. The van der Waals surface area contributed by atoms with E-state index in [0.717, 1.165) is 5.92 Å². The molecule has 0 radical (unpaired) electrons. The van der Waals surface area contributed by atoms with Gasteiger partial charge in [0.2, 0.25) is 0 Å². The van der Waals surface area contributed by atoms with Gasteiger partial charge in [-0.2, -0.15) is 0 Å². The van der Waals surface area contributed by atoms with Gasteiger partial charge >= 0.3 is 0 Å². The quantitative estimate of drug-likeness (QED) is 0.756. The van der Waals surface area contributed by atoms with E-state index in [2.05, 4.69) is 33.0 Å². The molecule has 1 saturated carbocycles. The van der Waals surface area contributed by atoms with Crippen molar-refractivity contribution in [1.82, 2.24) is 5.32 Å². The van der Waals surface area contributed by atoms with E-state index in [1.54, 1.807) is 0 Å². The fraction of sp³-hybridized carbons (Fsp3) is 1.00. The molecule has 0 amide bonds. The van der Waals surface area contributed by atoms with Gasteiger partial charge in [0.05, 0.1) is 0 Å². The Labute approximate surface area is 101 Å². The topological polar surface area (TPSA) is 38.0 Å². The van der Waals surface area contributed by atoms with Crippen LogP contribution < -0.4 is 11.1 Å². The van der Waals surface area contributed by atoms with Crippen LogP contribution in [0.5, 0.6) is 0 Å². The number of hydrogen-bond donors (Lipinski definition) is 2. The molecule has 1 atom stereocenters. The highest BCUT2D eigenvalue weighted by molar-refractivity contribution is 4.92. The lowest BCUT2D eigenvalue weighted by atomic mass is 9.64. The second-order valence-electron chi connectivity index (χ2n) is 6.04. The zero-order valence-corrected chi connectivity index (χ0v) is 11.6. The molecule has 0 aromatic heterocycles. The zero-order valence-electron chi connectivity index (χ0n) is 11.6. The van der Waals surface area contributed by atoms with E-state index in [-0.39, 0.29) is 0 Å². The third-order valence-electron chi connectivity index (χ3n) is 4.55. The summed E-state index contributed by atoms with van der Waals surface area (Å²) >= 11 is 0. The van der Waals surface area contributed by atoms with E-state index in [1.165, 1.54) is 38.6 Å². The fourth-order valence-corrected chi connectivity index (χ4v) is 2.90. The van der Waals surface area contributed by atoms with Crippen LogP contribution in [-0.4, -0.2) is 18.6 Å². The van der Waals surface area contributed by atoms with Crippen LogP contribution in [-0.2, 0) is 0 Å². The average molecular weight is 226 g/mol. The largest absolute Gasteiger partial charge is 0.328 e. The van der Waals surface area contributed by atoms with Gasteiger partial charge in [-0.1, -0.05) is 34.1 Å². The highest BCUT2D eigenvalue weighted by Crippen LogP contribution is 2.43. The molecule has 1 aliphatic rings. The Hall–Kier alpha value is -0.0800. The molecule has 0 spiro atoms. The average Bonchev–Trinajstić information content (AvgIpc) is 2.28. The second-order valence-corrected chi connectivity index (χ2v) is 6.04. The molecule has 16 heavy (non-hydrogen) atoms. The van der Waals surface area contributed by atoms with Gasteiger partial charge in [-0.05, 0) is 37.0 Å². The third-order valence-corrected chi connectivity index (χ3v) is 4.55. The van der Waals surface area contributed by atoms with Gasteiger partial charge in [0, 0.05) is 18.6 Å². The maximum absolute atomic E-state index is 6.03. The Morgan fingerprint density at radius 1 is 1.25 bits per heavy atom. The van der Waals surface area contributed by atoms with Crippen LogP contribution in [0.2, 0.25) is 0 Å². The third kappa shape index (κ3) is 3.46. The van der Waals surface area contributed by atoms with Crippen LogP contribution in [0.3, 0.4) is 0 Å². The Morgan fingerprint density at radius 3 is 2.25 bits per heavy atom. The van der Waals surface area contributed by atoms with E-state index in [1.807, 2.05) is 0 Å². The molecule has 2 heteroatoms. The van der Waals surface area contributed by atoms with Crippen molar-refractivity contribution in [3.63, 3.8) is 0 Å². The molecular weight excluding hydrogens is 196 g/mol. The number of hydrogen-bond acceptors (Lipinski definition) is 2. The van der Waals surface area contributed by atoms with Gasteiger partial charge in [0.15, 0.2) is 0 Å². The molecule has 1 unspecified atom stereocenters. The normalized spacial score (nSPS) is 33.0. The summed E-state index contributed by atoms with van der Waals surface area (Å²) in [4.78, 5) is 0. The predicted octanol–water partition coefficient (Wildman–Crippen LogP) is 2.92. The van der Waals surface area contributed by atoms with Crippen molar-refractivity contribution in [2.24, 2.45) is 17.1 Å². The maximum Gasteiger partial charge on any atom is 0.00392 e. The van der Waals surface area contributed by atoms with Crippen LogP contribution in [0.25, 0.3) is 0 Å². The molecule has 96 valence electrons. The molecule has 3 N–H and O–H groups in total. The molecule has 0 bridgehead atoms. The van der Waals surface area contributed by atoms with E-state index in [0.29, 0.717) is 17.5 Å². The van der Waals surface area contributed by atoms with Crippen molar-refractivity contribution < 1.29 is 0 Å². The summed E-state index contributed by atoms with van der Waals surface area (Å²) in [5.41, 5.74) is 6.54. The molecule has 0 aromatic carbocycles. The molecule has 0 aromatic rings. The highest BCUT2D eigenvalue weighted by atomic mass is 14.9. The molecule has 0 aliphatic heterocycles. The van der Waals surface area contributed by atoms with E-state index in [4.69, 9.17) is 5.73 Å². The van der Waals surface area contributed by atoms with Crippen molar-refractivity contribution in [1.29, 1.82) is 0 Å². The van der Waals surface area contributed by atoms with Gasteiger partial charge in [-0.3, -0.25) is 0 Å². The number of nitrogens with two attached hydrogens (primary N) is 1. The minimum Gasteiger partial charge on any atom is -0.328 e. The summed E-state index contributed by atoms with van der Waals surface area (Å²) in [5.74, 6) is 0.811. The summed E-state index contributed by atoms with van der Waals surface area (Å²) < 4.78 is 0. The lowest BCUT2D eigenvalue weighted by molar-refractivity contribution is 0.0910. The minimum absolute atomic E-state index is 0.455. The molecule has 1 aliphatic carbocycles. The maximum atomic E-state index is 6.03. The monoisotopic (exact) mass is 226 g/mol. The smallest absolute Gasteiger partial charge is 0.00392 e. The molecule has 1 rings (SSSR count). The van der Waals surface area contributed by atoms with Crippen molar-refractivity contribution in [3.8, 4) is 0 Å². The van der Waals surface area contributed by atoms with Crippen LogP contribution >= 0.6 is 0 Å². The highest BCUT2D eigenvalue weighted by Gasteiger charge is 2.37. The van der Waals surface area contributed by atoms with Crippen molar-refractivity contribution in [3.05, 3.63) is 0 Å². The standard InChI is InChI=1S/C14H30N2/c1-5-12(4)14(10-16-11(2)3)8-6-13(15)7-9-14/h11-13,16H,5-10,15H2,1-4H3. The summed E-state index contributed by atoms with van der Waals surface area (Å²) in [6, 6.07) is 1.05. The van der Waals surface area contributed by atoms with Crippen molar-refractivity contribution >= 4 is 0 Å². The Balaban J connectivity index is 2.61. The van der Waals surface area contributed by atoms with Gasteiger partial charge in [-0.25, -0.2) is 0 Å². The van der Waals surface area contributed by atoms with Gasteiger partial charge in [-0.15, -0.1) is 0 Å². The van der Waals surface area contributed by atoms with Crippen molar-refractivity contribution in [2.75, 3.05) is 6.54 Å². The SMILES string of the molecule is CCC(C)C1(CNC(C)C)CCC(N)CC1. The molecule has 0 heterocycles. The predicted molar refractivity (Wildman–Crippen MR) is 71.5 cm³/mol. The Morgan fingerprint density at radius 2 is 1.81 bits per heavy atom. The van der Waals surface area contributed by atoms with Gasteiger partial charge in [0.25, 0.3) is 0 Å². The minimum atomic E-state index is 0.455. The first-order valence-corrected chi connectivity index (χ1v) is 6.99. The van der Waals surface area contributed by atoms with Crippen LogP contribution in [0, 0.1) is 11.3 Å². The molecule has 1 fully saturated rings. The van der Waals surface area contributed by atoms with E-state index in [9.17, 15) is 0 Å².